The molecule has 16 heavy (non-hydrogen) atoms. The van der Waals surface area contributed by atoms with Gasteiger partial charge in [0.25, 0.3) is 0 Å². The molecule has 0 aromatic heterocycles. The standard InChI is InChI=1S/C13H27N3/c1-2-10-16(11-3-1)12-9-15-13-5-4-7-14-8-6-13/h13-15H,1-12H2. The second kappa shape index (κ2) is 7.25. The van der Waals surface area contributed by atoms with E-state index in [1.807, 2.05) is 0 Å². The van der Waals surface area contributed by atoms with E-state index in [4.69, 9.17) is 0 Å². The monoisotopic (exact) mass is 225 g/mol. The maximum absolute atomic E-state index is 3.73. The zero-order chi connectivity index (χ0) is 11.1. The summed E-state index contributed by atoms with van der Waals surface area (Å²) in [6, 6.07) is 0.764. The Labute approximate surface area is 100.0 Å². The van der Waals surface area contributed by atoms with E-state index in [9.17, 15) is 0 Å². The Balaban J connectivity index is 1.55. The fourth-order valence-electron chi connectivity index (χ4n) is 2.83. The summed E-state index contributed by atoms with van der Waals surface area (Å²) in [4.78, 5) is 2.62. The van der Waals surface area contributed by atoms with Crippen molar-refractivity contribution in [2.24, 2.45) is 0 Å². The lowest BCUT2D eigenvalue weighted by Gasteiger charge is -2.27. The van der Waals surface area contributed by atoms with Crippen molar-refractivity contribution in [2.45, 2.75) is 44.6 Å². The normalized spacial score (nSPS) is 28.9. The third-order valence-corrected chi connectivity index (χ3v) is 3.89. The fraction of sp³-hybridized carbons (Fsp3) is 1.00. The highest BCUT2D eigenvalue weighted by molar-refractivity contribution is 4.73. The molecule has 0 bridgehead atoms. The van der Waals surface area contributed by atoms with Gasteiger partial charge in [-0.25, -0.2) is 0 Å². The topological polar surface area (TPSA) is 27.3 Å². The van der Waals surface area contributed by atoms with E-state index < -0.39 is 0 Å². The minimum Gasteiger partial charge on any atom is -0.317 e. The quantitative estimate of drug-likeness (QED) is 0.753. The van der Waals surface area contributed by atoms with Crippen LogP contribution in [-0.2, 0) is 0 Å². The van der Waals surface area contributed by atoms with Crippen molar-refractivity contribution in [1.82, 2.24) is 15.5 Å². The first-order valence-corrected chi connectivity index (χ1v) is 7.11. The molecular formula is C13H27N3. The number of hydrogen-bond acceptors (Lipinski definition) is 3. The van der Waals surface area contributed by atoms with Gasteiger partial charge in [0.15, 0.2) is 0 Å². The Bertz CT molecular complexity index is 170. The van der Waals surface area contributed by atoms with Crippen LogP contribution < -0.4 is 10.6 Å². The largest absolute Gasteiger partial charge is 0.317 e. The molecule has 0 aromatic carbocycles. The Morgan fingerprint density at radius 2 is 1.88 bits per heavy atom. The van der Waals surface area contributed by atoms with E-state index >= 15 is 0 Å². The number of likely N-dealkylation sites (tertiary alicyclic amines) is 1. The molecule has 0 amide bonds. The predicted octanol–water partition coefficient (Wildman–Crippen LogP) is 1.20. The lowest BCUT2D eigenvalue weighted by atomic mass is 10.1. The lowest BCUT2D eigenvalue weighted by Crippen LogP contribution is -2.39. The van der Waals surface area contributed by atoms with Crippen molar-refractivity contribution < 1.29 is 0 Å². The molecule has 2 rings (SSSR count). The number of nitrogens with one attached hydrogen (secondary N) is 2. The summed E-state index contributed by atoms with van der Waals surface area (Å²) in [5, 5.41) is 7.19. The average Bonchev–Trinajstić information content (AvgIpc) is 2.59. The SMILES string of the molecule is C1CCN(CCNC2CCCNCC2)CC1. The van der Waals surface area contributed by atoms with Crippen LogP contribution in [-0.4, -0.2) is 50.2 Å². The van der Waals surface area contributed by atoms with E-state index in [1.54, 1.807) is 0 Å². The average molecular weight is 225 g/mol. The van der Waals surface area contributed by atoms with Crippen molar-refractivity contribution in [1.29, 1.82) is 0 Å². The minimum atomic E-state index is 0.764. The van der Waals surface area contributed by atoms with Crippen molar-refractivity contribution in [3.05, 3.63) is 0 Å². The molecule has 1 unspecified atom stereocenters. The molecule has 2 N–H and O–H groups in total. The molecule has 3 heteroatoms. The summed E-state index contributed by atoms with van der Waals surface area (Å²) in [7, 11) is 0. The van der Waals surface area contributed by atoms with E-state index in [2.05, 4.69) is 15.5 Å². The van der Waals surface area contributed by atoms with Crippen LogP contribution in [0.4, 0.5) is 0 Å². The van der Waals surface area contributed by atoms with E-state index in [1.165, 1.54) is 77.8 Å². The molecule has 0 aromatic rings. The fourth-order valence-corrected chi connectivity index (χ4v) is 2.83. The number of nitrogens with zero attached hydrogens (tertiary/aromatic N) is 1. The van der Waals surface area contributed by atoms with Crippen molar-refractivity contribution in [3.8, 4) is 0 Å². The summed E-state index contributed by atoms with van der Waals surface area (Å²) >= 11 is 0. The maximum Gasteiger partial charge on any atom is 0.0107 e. The predicted molar refractivity (Wildman–Crippen MR) is 68.8 cm³/mol. The minimum absolute atomic E-state index is 0.764. The second-order valence-electron chi connectivity index (χ2n) is 5.23. The molecule has 2 aliphatic heterocycles. The van der Waals surface area contributed by atoms with Crippen molar-refractivity contribution in [3.63, 3.8) is 0 Å². The van der Waals surface area contributed by atoms with E-state index in [0.717, 1.165) is 6.04 Å². The van der Waals surface area contributed by atoms with Gasteiger partial charge in [0, 0.05) is 19.1 Å². The molecule has 1 atom stereocenters. The van der Waals surface area contributed by atoms with Gasteiger partial charge in [-0.2, -0.15) is 0 Å². The van der Waals surface area contributed by atoms with Crippen LogP contribution in [0.15, 0.2) is 0 Å². The molecule has 3 nitrogen and oxygen atoms in total. The van der Waals surface area contributed by atoms with Gasteiger partial charge in [-0.1, -0.05) is 6.42 Å². The molecule has 2 aliphatic rings. The third kappa shape index (κ3) is 4.40. The highest BCUT2D eigenvalue weighted by Gasteiger charge is 2.12. The Morgan fingerprint density at radius 3 is 2.75 bits per heavy atom. The van der Waals surface area contributed by atoms with Crippen molar-refractivity contribution >= 4 is 0 Å². The lowest BCUT2D eigenvalue weighted by molar-refractivity contribution is 0.225. The molecule has 0 spiro atoms. The van der Waals surface area contributed by atoms with Gasteiger partial charge < -0.3 is 15.5 Å². The van der Waals surface area contributed by atoms with Crippen LogP contribution in [0.3, 0.4) is 0 Å². The van der Waals surface area contributed by atoms with Crippen LogP contribution in [0.1, 0.15) is 38.5 Å². The highest BCUT2D eigenvalue weighted by atomic mass is 15.1. The zero-order valence-electron chi connectivity index (χ0n) is 10.5. The molecule has 94 valence electrons. The smallest absolute Gasteiger partial charge is 0.0107 e. The first kappa shape index (κ1) is 12.3. The van der Waals surface area contributed by atoms with E-state index in [-0.39, 0.29) is 0 Å². The zero-order valence-corrected chi connectivity index (χ0v) is 10.5. The molecule has 2 heterocycles. The van der Waals surface area contributed by atoms with Gasteiger partial charge in [-0.15, -0.1) is 0 Å². The number of hydrogen-bond donors (Lipinski definition) is 2. The van der Waals surface area contributed by atoms with Crippen molar-refractivity contribution in [2.75, 3.05) is 39.3 Å². The number of piperidine rings is 1. The van der Waals surface area contributed by atoms with Gasteiger partial charge in [0.1, 0.15) is 0 Å². The summed E-state index contributed by atoms with van der Waals surface area (Å²) in [6.45, 7) is 7.50. The van der Waals surface area contributed by atoms with Crippen LogP contribution in [0.2, 0.25) is 0 Å². The Morgan fingerprint density at radius 1 is 1.00 bits per heavy atom. The maximum atomic E-state index is 3.73. The summed E-state index contributed by atoms with van der Waals surface area (Å²) in [5.74, 6) is 0. The number of rotatable bonds is 4. The molecule has 0 saturated carbocycles. The molecule has 2 fully saturated rings. The van der Waals surface area contributed by atoms with E-state index in [0.29, 0.717) is 0 Å². The van der Waals surface area contributed by atoms with Crippen LogP contribution in [0.25, 0.3) is 0 Å². The Kier molecular flexibility index (Phi) is 5.59. The van der Waals surface area contributed by atoms with Gasteiger partial charge >= 0.3 is 0 Å². The third-order valence-electron chi connectivity index (χ3n) is 3.89. The molecule has 0 aliphatic carbocycles. The summed E-state index contributed by atoms with van der Waals surface area (Å²) in [6.07, 6.45) is 8.26. The molecular weight excluding hydrogens is 198 g/mol. The van der Waals surface area contributed by atoms with Gasteiger partial charge in [0.2, 0.25) is 0 Å². The van der Waals surface area contributed by atoms with Gasteiger partial charge in [0.05, 0.1) is 0 Å². The van der Waals surface area contributed by atoms with Crippen LogP contribution in [0, 0.1) is 0 Å². The summed E-state index contributed by atoms with van der Waals surface area (Å²) < 4.78 is 0. The molecule has 0 radical (unpaired) electrons. The first-order chi connectivity index (χ1) is 7.95. The van der Waals surface area contributed by atoms with Gasteiger partial charge in [-0.05, 0) is 58.3 Å². The van der Waals surface area contributed by atoms with Crippen LogP contribution in [0.5, 0.6) is 0 Å². The molecule has 2 saturated heterocycles. The second-order valence-corrected chi connectivity index (χ2v) is 5.23. The highest BCUT2D eigenvalue weighted by Crippen LogP contribution is 2.08. The Hall–Kier alpha value is -0.120. The summed E-state index contributed by atoms with van der Waals surface area (Å²) in [5.41, 5.74) is 0. The van der Waals surface area contributed by atoms with Gasteiger partial charge in [-0.3, -0.25) is 0 Å². The first-order valence-electron chi connectivity index (χ1n) is 7.11. The van der Waals surface area contributed by atoms with Crippen LogP contribution >= 0.6 is 0 Å².